The molecule has 0 aliphatic rings. The van der Waals surface area contributed by atoms with Crippen molar-refractivity contribution in [2.45, 2.75) is 45.9 Å². The summed E-state index contributed by atoms with van der Waals surface area (Å²) in [6, 6.07) is 13.1. The molecule has 164 valence electrons. The maximum Gasteiger partial charge on any atom is 0.243 e. The molecule has 0 saturated heterocycles. The van der Waals surface area contributed by atoms with Gasteiger partial charge in [-0.25, -0.2) is 8.42 Å². The number of amides is 1. The average molecular weight is 449 g/mol. The second-order valence-corrected chi connectivity index (χ2v) is 10.5. The molecule has 2 aromatic carbocycles. The largest absolute Gasteiger partial charge is 0.353 e. The first-order chi connectivity index (χ1) is 14.1. The number of thioether (sulfide) groups is 1. The number of nitrogens with zero attached hydrogens (tertiary/aromatic N) is 1. The number of hydrogen-bond acceptors (Lipinski definition) is 4. The molecule has 0 aliphatic heterocycles. The highest BCUT2D eigenvalue weighted by atomic mass is 32.2. The number of rotatable bonds is 10. The molecule has 1 N–H and O–H groups in total. The molecular weight excluding hydrogens is 416 g/mol. The van der Waals surface area contributed by atoms with Crippen LogP contribution in [0.4, 0.5) is 5.69 Å². The zero-order chi connectivity index (χ0) is 22.3. The fraction of sp³-hybridized carbons (Fsp3) is 0.435. The molecule has 1 atom stereocenters. The minimum Gasteiger partial charge on any atom is -0.353 e. The number of aryl methyl sites for hydroxylation is 3. The summed E-state index contributed by atoms with van der Waals surface area (Å²) in [6.45, 7) is 8.20. The Balaban J connectivity index is 2.03. The monoisotopic (exact) mass is 448 g/mol. The number of carbonyl (C=O) groups excluding carboxylic acids is 1. The van der Waals surface area contributed by atoms with Gasteiger partial charge in [0, 0.05) is 18.1 Å². The zero-order valence-electron chi connectivity index (χ0n) is 18.4. The van der Waals surface area contributed by atoms with Crippen molar-refractivity contribution in [3.8, 4) is 0 Å². The summed E-state index contributed by atoms with van der Waals surface area (Å²) < 4.78 is 26.5. The third-order valence-corrected chi connectivity index (χ3v) is 7.17. The Labute approximate surface area is 185 Å². The molecule has 2 aromatic rings. The predicted molar refractivity (Wildman–Crippen MR) is 128 cm³/mol. The van der Waals surface area contributed by atoms with Crippen molar-refractivity contribution in [3.05, 3.63) is 64.7 Å². The van der Waals surface area contributed by atoms with E-state index in [0.717, 1.165) is 28.9 Å². The maximum absolute atomic E-state index is 12.9. The van der Waals surface area contributed by atoms with Crippen LogP contribution in [0.3, 0.4) is 0 Å². The Bertz CT molecular complexity index is 974. The molecule has 30 heavy (non-hydrogen) atoms. The van der Waals surface area contributed by atoms with Crippen molar-refractivity contribution >= 4 is 33.4 Å². The van der Waals surface area contributed by atoms with Crippen LogP contribution in [0.1, 0.15) is 35.6 Å². The van der Waals surface area contributed by atoms with Gasteiger partial charge < -0.3 is 5.32 Å². The molecule has 7 heteroatoms. The molecule has 0 aromatic heterocycles. The van der Waals surface area contributed by atoms with Crippen LogP contribution in [0.2, 0.25) is 0 Å². The standard InChI is InChI=1S/C23H32N2O3S2/c1-6-21(25(30(5,27)28)22-15-17(2)11-12-19(22)4)23(26)24-13-14-29-16-20-10-8-7-9-18(20)3/h7-12,15,21H,6,13-14,16H2,1-5H3,(H,24,26). The van der Waals surface area contributed by atoms with Gasteiger partial charge in [-0.3, -0.25) is 9.10 Å². The Morgan fingerprint density at radius 2 is 1.80 bits per heavy atom. The molecule has 0 fully saturated rings. The summed E-state index contributed by atoms with van der Waals surface area (Å²) >= 11 is 1.75. The Hall–Kier alpha value is -1.99. The third kappa shape index (κ3) is 6.51. The lowest BCUT2D eigenvalue weighted by atomic mass is 10.1. The molecule has 0 bridgehead atoms. The molecule has 0 radical (unpaired) electrons. The van der Waals surface area contributed by atoms with Crippen LogP contribution in [0.25, 0.3) is 0 Å². The minimum atomic E-state index is -3.62. The SMILES string of the molecule is CCC(C(=O)NCCSCc1ccccc1C)N(c1cc(C)ccc1C)S(C)(=O)=O. The second kappa shape index (κ2) is 10.9. The summed E-state index contributed by atoms with van der Waals surface area (Å²) in [7, 11) is -3.62. The van der Waals surface area contributed by atoms with Gasteiger partial charge in [-0.05, 0) is 55.5 Å². The Morgan fingerprint density at radius 3 is 2.43 bits per heavy atom. The van der Waals surface area contributed by atoms with E-state index in [2.05, 4.69) is 24.4 Å². The first-order valence-electron chi connectivity index (χ1n) is 10.1. The van der Waals surface area contributed by atoms with E-state index in [-0.39, 0.29) is 5.91 Å². The van der Waals surface area contributed by atoms with Crippen LogP contribution >= 0.6 is 11.8 Å². The van der Waals surface area contributed by atoms with Crippen LogP contribution in [0, 0.1) is 20.8 Å². The average Bonchev–Trinajstić information content (AvgIpc) is 2.68. The molecule has 0 saturated carbocycles. The van der Waals surface area contributed by atoms with Crippen molar-refractivity contribution in [1.29, 1.82) is 0 Å². The molecular formula is C23H32N2O3S2. The molecule has 1 unspecified atom stereocenters. The quantitative estimate of drug-likeness (QED) is 0.553. The van der Waals surface area contributed by atoms with E-state index in [1.54, 1.807) is 11.8 Å². The normalized spacial score (nSPS) is 12.4. The van der Waals surface area contributed by atoms with Crippen molar-refractivity contribution < 1.29 is 13.2 Å². The fourth-order valence-electron chi connectivity index (χ4n) is 3.31. The first kappa shape index (κ1) is 24.3. The van der Waals surface area contributed by atoms with Gasteiger partial charge in [-0.1, -0.05) is 43.3 Å². The van der Waals surface area contributed by atoms with Crippen molar-refractivity contribution in [3.63, 3.8) is 0 Å². The van der Waals surface area contributed by atoms with Gasteiger partial charge in [0.25, 0.3) is 0 Å². The molecule has 2 rings (SSSR count). The lowest BCUT2D eigenvalue weighted by Crippen LogP contribution is -2.50. The first-order valence-corrected chi connectivity index (χ1v) is 13.1. The Kier molecular flexibility index (Phi) is 8.79. The van der Waals surface area contributed by atoms with E-state index in [4.69, 9.17) is 0 Å². The maximum atomic E-state index is 12.9. The Morgan fingerprint density at radius 1 is 1.10 bits per heavy atom. The summed E-state index contributed by atoms with van der Waals surface area (Å²) in [5.41, 5.74) is 4.89. The summed E-state index contributed by atoms with van der Waals surface area (Å²) in [6.07, 6.45) is 1.55. The molecule has 0 heterocycles. The number of sulfonamides is 1. The molecule has 1 amide bonds. The van der Waals surface area contributed by atoms with Crippen molar-refractivity contribution in [2.24, 2.45) is 0 Å². The van der Waals surface area contributed by atoms with Gasteiger partial charge in [0.1, 0.15) is 6.04 Å². The van der Waals surface area contributed by atoms with Gasteiger partial charge in [0.15, 0.2) is 0 Å². The minimum absolute atomic E-state index is 0.264. The van der Waals surface area contributed by atoms with Gasteiger partial charge in [-0.2, -0.15) is 11.8 Å². The number of carbonyl (C=O) groups is 1. The van der Waals surface area contributed by atoms with Gasteiger partial charge in [0.2, 0.25) is 15.9 Å². The van der Waals surface area contributed by atoms with E-state index in [9.17, 15) is 13.2 Å². The van der Waals surface area contributed by atoms with Crippen LogP contribution in [0.5, 0.6) is 0 Å². The fourth-order valence-corrected chi connectivity index (χ4v) is 5.51. The highest BCUT2D eigenvalue weighted by Gasteiger charge is 2.32. The van der Waals surface area contributed by atoms with Crippen LogP contribution in [-0.2, 0) is 20.6 Å². The molecule has 0 aliphatic carbocycles. The number of hydrogen-bond donors (Lipinski definition) is 1. The van der Waals surface area contributed by atoms with E-state index in [1.807, 2.05) is 51.1 Å². The molecule has 0 spiro atoms. The van der Waals surface area contributed by atoms with Crippen LogP contribution in [-0.4, -0.2) is 38.9 Å². The highest BCUT2D eigenvalue weighted by Crippen LogP contribution is 2.27. The van der Waals surface area contributed by atoms with E-state index < -0.39 is 16.1 Å². The number of anilines is 1. The topological polar surface area (TPSA) is 66.5 Å². The summed E-state index contributed by atoms with van der Waals surface area (Å²) in [5, 5.41) is 2.93. The number of benzene rings is 2. The van der Waals surface area contributed by atoms with Crippen LogP contribution in [0.15, 0.2) is 42.5 Å². The van der Waals surface area contributed by atoms with E-state index >= 15 is 0 Å². The van der Waals surface area contributed by atoms with Gasteiger partial charge in [-0.15, -0.1) is 0 Å². The second-order valence-electron chi connectivity index (χ2n) is 7.54. The lowest BCUT2D eigenvalue weighted by Gasteiger charge is -2.31. The third-order valence-electron chi connectivity index (χ3n) is 5.00. The summed E-state index contributed by atoms with van der Waals surface area (Å²) in [4.78, 5) is 12.9. The predicted octanol–water partition coefficient (Wildman–Crippen LogP) is 4.21. The van der Waals surface area contributed by atoms with Gasteiger partial charge in [0.05, 0.1) is 11.9 Å². The molecule has 5 nitrogen and oxygen atoms in total. The highest BCUT2D eigenvalue weighted by molar-refractivity contribution is 7.98. The smallest absolute Gasteiger partial charge is 0.243 e. The summed E-state index contributed by atoms with van der Waals surface area (Å²) in [5.74, 6) is 1.39. The zero-order valence-corrected chi connectivity index (χ0v) is 20.1. The van der Waals surface area contributed by atoms with E-state index in [1.165, 1.54) is 15.4 Å². The van der Waals surface area contributed by atoms with Gasteiger partial charge >= 0.3 is 0 Å². The van der Waals surface area contributed by atoms with Crippen molar-refractivity contribution in [1.82, 2.24) is 5.32 Å². The number of nitrogens with one attached hydrogen (secondary N) is 1. The lowest BCUT2D eigenvalue weighted by molar-refractivity contribution is -0.122. The van der Waals surface area contributed by atoms with E-state index in [0.29, 0.717) is 18.7 Å². The van der Waals surface area contributed by atoms with Crippen molar-refractivity contribution in [2.75, 3.05) is 22.9 Å². The van der Waals surface area contributed by atoms with Crippen LogP contribution < -0.4 is 9.62 Å².